The molecule has 1 fully saturated rings. The van der Waals surface area contributed by atoms with E-state index < -0.39 is 13.5 Å². The van der Waals surface area contributed by atoms with E-state index in [1.165, 1.54) is 44.8 Å². The van der Waals surface area contributed by atoms with E-state index in [1.807, 2.05) is 41.0 Å². The first-order valence-corrected chi connectivity index (χ1v) is 22.0. The van der Waals surface area contributed by atoms with Crippen LogP contribution in [0, 0.1) is 62.4 Å². The predicted molar refractivity (Wildman–Crippen MR) is 206 cm³/mol. The van der Waals surface area contributed by atoms with Gasteiger partial charge in [-0.3, -0.25) is 0 Å². The Morgan fingerprint density at radius 2 is 1.33 bits per heavy atom. The summed E-state index contributed by atoms with van der Waals surface area (Å²) < 4.78 is 4.82. The van der Waals surface area contributed by atoms with Gasteiger partial charge in [-0.1, -0.05) is 35.4 Å². The van der Waals surface area contributed by atoms with E-state index in [4.69, 9.17) is 31.0 Å². The van der Waals surface area contributed by atoms with Gasteiger partial charge in [-0.25, -0.2) is 0 Å². The Balaban J connectivity index is 0.000000217. The number of aryl methyl sites for hydroxylation is 6. The van der Waals surface area contributed by atoms with Gasteiger partial charge in [0.2, 0.25) is 0 Å². The fourth-order valence-corrected chi connectivity index (χ4v) is 8.60. The number of nitrogens with zero attached hydrogens (tertiary/aromatic N) is 2. The van der Waals surface area contributed by atoms with Crippen LogP contribution in [-0.4, -0.2) is 23.8 Å². The number of nitrogens with one attached hydrogen (secondary N) is 1. The Kier molecular flexibility index (Phi) is 13.6. The Morgan fingerprint density at radius 1 is 0.833 bits per heavy atom. The molecule has 1 N–H and O–H groups in total. The van der Waals surface area contributed by atoms with Crippen molar-refractivity contribution in [3.05, 3.63) is 137 Å². The SMILES string of the molecule is Cc1cc(C)c(N2[CH-]N(c3c(C)cc(C)cc3C)CC2)c(C)c1.[CH2-][NH+](Cc1ccc(Cl)cc1[CH]=[Ru]([Cl])[Cl])c1ccccc1[O+]([CH2-])C(C)C. The van der Waals surface area contributed by atoms with Crippen LogP contribution in [0.1, 0.15) is 58.4 Å². The predicted octanol–water partition coefficient (Wildman–Crippen LogP) is 10.4. The minimum absolute atomic E-state index is 0.216. The summed E-state index contributed by atoms with van der Waals surface area (Å²) in [7, 11) is 20.5. The third-order valence-electron chi connectivity index (χ3n) is 8.52. The second-order valence-electron chi connectivity index (χ2n) is 12.9. The first-order valence-electron chi connectivity index (χ1n) is 16.1. The van der Waals surface area contributed by atoms with Crippen LogP contribution in [0.15, 0.2) is 66.7 Å². The molecule has 0 saturated carbocycles. The van der Waals surface area contributed by atoms with Crippen molar-refractivity contribution in [1.29, 1.82) is 0 Å². The van der Waals surface area contributed by atoms with Crippen LogP contribution < -0.4 is 14.7 Å². The van der Waals surface area contributed by atoms with Crippen LogP contribution in [0.4, 0.5) is 17.1 Å². The molecule has 1 atom stereocenters. The summed E-state index contributed by atoms with van der Waals surface area (Å²) >= 11 is 4.19. The Labute approximate surface area is 307 Å². The Morgan fingerprint density at radius 3 is 1.81 bits per heavy atom. The Hall–Kier alpha value is -2.40. The fourth-order valence-electron chi connectivity index (χ4n) is 6.56. The van der Waals surface area contributed by atoms with Crippen LogP contribution >= 0.6 is 31.0 Å². The molecule has 1 aliphatic heterocycles. The van der Waals surface area contributed by atoms with Gasteiger partial charge in [-0.05, 0) is 63.8 Å². The maximum atomic E-state index is 6.12. The summed E-state index contributed by atoms with van der Waals surface area (Å²) in [5.41, 5.74) is 14.0. The van der Waals surface area contributed by atoms with Crippen LogP contribution in [0.3, 0.4) is 0 Å². The summed E-state index contributed by atoms with van der Waals surface area (Å²) in [5, 5.41) is 0.670. The van der Waals surface area contributed by atoms with E-state index in [-0.39, 0.29) is 6.10 Å². The van der Waals surface area contributed by atoms with Crippen molar-refractivity contribution in [2.24, 2.45) is 0 Å². The van der Waals surface area contributed by atoms with Gasteiger partial charge in [0.1, 0.15) is 0 Å². The van der Waals surface area contributed by atoms with Gasteiger partial charge in [-0.2, -0.15) is 6.67 Å². The van der Waals surface area contributed by atoms with Crippen molar-refractivity contribution in [2.75, 3.05) is 22.9 Å². The topological polar surface area (TPSA) is 13.6 Å². The third kappa shape index (κ3) is 9.64. The number of quaternary nitrogens is 1. The molecule has 48 heavy (non-hydrogen) atoms. The van der Waals surface area contributed by atoms with Crippen molar-refractivity contribution in [2.45, 2.75) is 68.0 Å². The molecule has 4 aromatic carbocycles. The average molecular weight is 795 g/mol. The quantitative estimate of drug-likeness (QED) is 0.108. The van der Waals surface area contributed by atoms with E-state index in [9.17, 15) is 0 Å². The van der Waals surface area contributed by atoms with Crippen molar-refractivity contribution < 1.29 is 22.8 Å². The number of halogens is 3. The number of benzene rings is 4. The molecule has 4 aromatic rings. The van der Waals surface area contributed by atoms with Gasteiger partial charge in [0, 0.05) is 24.5 Å². The molecule has 0 spiro atoms. The monoisotopic (exact) mass is 794 g/mol. The standard InChI is InChI=1S/C21H27N2.C19H22ClNO.2ClH.Ru/c1-14-9-16(3)20(17(4)10-14)22-7-8-23(13-22)21-18(5)11-15(2)12-19(21)6;1-14(2)22(5)19-9-7-6-8-18(19)21(4)13-16-10-11-17(20)12-15(16)3;;;/h9-13H,7-8H2,1-6H3;3,6-12,14,21H,4-5,13H2,1-2H3;2*1H;/q-1;;;;+2/p-2. The molecule has 4 nitrogen and oxygen atoms in total. The molecule has 5 rings (SSSR count). The summed E-state index contributed by atoms with van der Waals surface area (Å²) in [6.45, 7) is 22.4. The second kappa shape index (κ2) is 17.0. The first kappa shape index (κ1) is 38.4. The Bertz CT molecular complexity index is 1660. The van der Waals surface area contributed by atoms with Crippen LogP contribution in [0.25, 0.3) is 0 Å². The van der Waals surface area contributed by atoms with Crippen LogP contribution in [-0.2, 0) is 24.4 Å². The molecule has 0 radical (unpaired) electrons. The molecule has 1 heterocycles. The molecule has 0 bridgehead atoms. The molecular formula is C40H49Cl3N3ORu-. The molecule has 1 aliphatic rings. The summed E-state index contributed by atoms with van der Waals surface area (Å²) in [6, 6.07) is 23.0. The zero-order valence-corrected chi connectivity index (χ0v) is 33.4. The maximum absolute atomic E-state index is 6.12. The van der Waals surface area contributed by atoms with Gasteiger partial charge in [0.05, 0.1) is 0 Å². The van der Waals surface area contributed by atoms with E-state index in [0.717, 1.165) is 40.6 Å². The zero-order chi connectivity index (χ0) is 35.3. The molecule has 1 saturated heterocycles. The average Bonchev–Trinajstić information content (AvgIpc) is 3.46. The molecule has 0 aliphatic carbocycles. The molecule has 0 aromatic heterocycles. The van der Waals surface area contributed by atoms with Gasteiger partial charge in [0.25, 0.3) is 0 Å². The molecule has 260 valence electrons. The van der Waals surface area contributed by atoms with E-state index >= 15 is 0 Å². The fraction of sp³-hybridized carbons (Fsp3) is 0.300. The minimum atomic E-state index is -1.94. The third-order valence-corrected chi connectivity index (χ3v) is 10.6. The van der Waals surface area contributed by atoms with E-state index in [0.29, 0.717) is 11.6 Å². The summed E-state index contributed by atoms with van der Waals surface area (Å²) in [5.74, 6) is 0.990. The summed E-state index contributed by atoms with van der Waals surface area (Å²) in [4.78, 5) is 5.81. The van der Waals surface area contributed by atoms with Crippen LogP contribution in [0.5, 0.6) is 5.75 Å². The van der Waals surface area contributed by atoms with Crippen LogP contribution in [0.2, 0.25) is 5.02 Å². The van der Waals surface area contributed by atoms with Gasteiger partial charge in [-0.15, -0.1) is 0 Å². The van der Waals surface area contributed by atoms with Crippen molar-refractivity contribution in [3.8, 4) is 5.75 Å². The first-order chi connectivity index (χ1) is 22.7. The number of hydrogen-bond acceptors (Lipinski definition) is 2. The van der Waals surface area contributed by atoms with E-state index in [1.54, 1.807) is 0 Å². The van der Waals surface area contributed by atoms with Crippen molar-refractivity contribution in [1.82, 2.24) is 0 Å². The summed E-state index contributed by atoms with van der Waals surface area (Å²) in [6.07, 6.45) is 0.216. The second-order valence-corrected chi connectivity index (χ2v) is 19.1. The number of anilines is 2. The number of para-hydroxylation sites is 2. The molecule has 0 amide bonds. The van der Waals surface area contributed by atoms with Crippen molar-refractivity contribution >= 4 is 52.7 Å². The molecule has 8 heteroatoms. The molecular weight excluding hydrogens is 746 g/mol. The number of rotatable bonds is 8. The van der Waals surface area contributed by atoms with E-state index in [2.05, 4.69) is 121 Å². The molecule has 1 unspecified atom stereocenters. The van der Waals surface area contributed by atoms with Gasteiger partial charge >= 0.3 is 169 Å². The van der Waals surface area contributed by atoms with Gasteiger partial charge in [0.15, 0.2) is 0 Å². The number of hydrogen-bond donors (Lipinski definition) is 1. The zero-order valence-electron chi connectivity index (χ0n) is 29.4. The normalized spacial score (nSPS) is 13.8. The van der Waals surface area contributed by atoms with Crippen molar-refractivity contribution in [3.63, 3.8) is 0 Å². The van der Waals surface area contributed by atoms with Gasteiger partial charge < -0.3 is 9.80 Å².